The molecule has 0 bridgehead atoms. The highest BCUT2D eigenvalue weighted by atomic mass is 16.6. The van der Waals surface area contributed by atoms with Gasteiger partial charge in [0, 0.05) is 18.3 Å². The Kier molecular flexibility index (Phi) is 3.61. The molecule has 10 nitrogen and oxygen atoms in total. The molecule has 0 amide bonds. The van der Waals surface area contributed by atoms with E-state index in [1.807, 2.05) is 11.3 Å². The van der Waals surface area contributed by atoms with Gasteiger partial charge in [-0.05, 0) is 17.2 Å². The van der Waals surface area contributed by atoms with Crippen LogP contribution in [-0.2, 0) is 0 Å². The highest BCUT2D eigenvalue weighted by Crippen LogP contribution is 2.25. The second kappa shape index (κ2) is 5.58. The number of aryl methyl sites for hydroxylation is 1. The molecule has 22 heavy (non-hydrogen) atoms. The number of imidazole rings is 1. The summed E-state index contributed by atoms with van der Waals surface area (Å²) in [6.07, 6.45) is 3.40. The minimum Gasteiger partial charge on any atom is -0.395 e. The monoisotopic (exact) mass is 304 g/mol. The standard InChI is InChI=1S/C12H16N8O2/c1-6-10(11-12(14)19-22-18-11)17-9-3-16-8(4-20(6)9)15-2-7(13)5-21/h3-4,7,15,21H,2,5,13H2,1H3,(H2,14,19). The molecule has 3 aromatic rings. The zero-order valence-corrected chi connectivity index (χ0v) is 11.9. The third kappa shape index (κ3) is 2.44. The predicted molar refractivity (Wildman–Crippen MR) is 79.0 cm³/mol. The number of anilines is 2. The Bertz CT molecular complexity index is 796. The molecule has 3 rings (SSSR count). The van der Waals surface area contributed by atoms with Crippen LogP contribution < -0.4 is 16.8 Å². The molecule has 0 aromatic carbocycles. The van der Waals surface area contributed by atoms with Crippen molar-refractivity contribution in [3.05, 3.63) is 18.1 Å². The summed E-state index contributed by atoms with van der Waals surface area (Å²) in [5, 5.41) is 19.3. The summed E-state index contributed by atoms with van der Waals surface area (Å²) in [4.78, 5) is 8.68. The summed E-state index contributed by atoms with van der Waals surface area (Å²) in [7, 11) is 0. The van der Waals surface area contributed by atoms with Crippen LogP contribution in [0.3, 0.4) is 0 Å². The van der Waals surface area contributed by atoms with Gasteiger partial charge in [0.25, 0.3) is 0 Å². The first kappa shape index (κ1) is 14.2. The highest BCUT2D eigenvalue weighted by Gasteiger charge is 2.18. The van der Waals surface area contributed by atoms with Crippen molar-refractivity contribution in [1.82, 2.24) is 24.7 Å². The van der Waals surface area contributed by atoms with Crippen molar-refractivity contribution in [2.45, 2.75) is 13.0 Å². The molecular weight excluding hydrogens is 288 g/mol. The molecule has 1 atom stereocenters. The van der Waals surface area contributed by atoms with Crippen molar-refractivity contribution in [3.8, 4) is 11.4 Å². The average molecular weight is 304 g/mol. The molecule has 0 spiro atoms. The van der Waals surface area contributed by atoms with E-state index in [0.29, 0.717) is 29.4 Å². The normalized spacial score (nSPS) is 12.7. The number of rotatable bonds is 5. The number of hydrogen-bond donors (Lipinski definition) is 4. The predicted octanol–water partition coefficient (Wildman–Crippen LogP) is -0.599. The molecule has 0 aliphatic heterocycles. The van der Waals surface area contributed by atoms with Gasteiger partial charge < -0.3 is 21.9 Å². The van der Waals surface area contributed by atoms with Crippen LogP contribution in [0.25, 0.3) is 17.0 Å². The molecule has 3 aromatic heterocycles. The van der Waals surface area contributed by atoms with Crippen molar-refractivity contribution >= 4 is 17.3 Å². The highest BCUT2D eigenvalue weighted by molar-refractivity contribution is 5.70. The topological polar surface area (TPSA) is 153 Å². The van der Waals surface area contributed by atoms with Gasteiger partial charge in [-0.15, -0.1) is 0 Å². The minimum atomic E-state index is -0.349. The Labute approximate surface area is 125 Å². The van der Waals surface area contributed by atoms with Gasteiger partial charge in [0.2, 0.25) is 0 Å². The molecule has 3 heterocycles. The first-order chi connectivity index (χ1) is 10.6. The minimum absolute atomic E-state index is 0.0953. The van der Waals surface area contributed by atoms with E-state index < -0.39 is 0 Å². The zero-order chi connectivity index (χ0) is 15.7. The van der Waals surface area contributed by atoms with E-state index in [1.54, 1.807) is 12.4 Å². The molecule has 0 fully saturated rings. The van der Waals surface area contributed by atoms with E-state index in [0.717, 1.165) is 5.69 Å². The fraction of sp³-hybridized carbons (Fsp3) is 0.333. The number of fused-ring (bicyclic) bond motifs is 1. The molecule has 0 saturated heterocycles. The Hall–Kier alpha value is -2.72. The van der Waals surface area contributed by atoms with Crippen LogP contribution >= 0.6 is 0 Å². The number of aliphatic hydroxyl groups excluding tert-OH is 1. The third-order valence-corrected chi connectivity index (χ3v) is 3.27. The van der Waals surface area contributed by atoms with Crippen LogP contribution in [0.5, 0.6) is 0 Å². The number of aromatic nitrogens is 5. The fourth-order valence-corrected chi connectivity index (χ4v) is 2.05. The molecule has 10 heteroatoms. The van der Waals surface area contributed by atoms with Gasteiger partial charge in [-0.25, -0.2) is 14.6 Å². The molecule has 6 N–H and O–H groups in total. The number of nitrogens with two attached hydrogens (primary N) is 2. The van der Waals surface area contributed by atoms with Gasteiger partial charge in [-0.3, -0.25) is 4.40 Å². The Balaban J connectivity index is 1.95. The summed E-state index contributed by atoms with van der Waals surface area (Å²) in [6.45, 7) is 2.20. The Morgan fingerprint density at radius 3 is 2.91 bits per heavy atom. The molecule has 0 aliphatic rings. The second-order valence-electron chi connectivity index (χ2n) is 4.87. The lowest BCUT2D eigenvalue weighted by Crippen LogP contribution is -2.32. The van der Waals surface area contributed by atoms with E-state index in [4.69, 9.17) is 16.6 Å². The SMILES string of the molecule is Cc1c(-c2nonc2N)nc2cnc(NCC(N)CO)cn12. The molecule has 0 radical (unpaired) electrons. The van der Waals surface area contributed by atoms with E-state index >= 15 is 0 Å². The summed E-state index contributed by atoms with van der Waals surface area (Å²) in [5.41, 5.74) is 13.8. The number of nitrogens with zero attached hydrogens (tertiary/aromatic N) is 5. The van der Waals surface area contributed by atoms with Gasteiger partial charge in [0.05, 0.1) is 19.0 Å². The van der Waals surface area contributed by atoms with E-state index in [-0.39, 0.29) is 18.5 Å². The van der Waals surface area contributed by atoms with Gasteiger partial charge in [-0.1, -0.05) is 0 Å². The maximum Gasteiger partial charge on any atom is 0.198 e. The van der Waals surface area contributed by atoms with Gasteiger partial charge in [0.1, 0.15) is 11.5 Å². The average Bonchev–Trinajstić information content (AvgIpc) is 3.08. The summed E-state index contributed by atoms with van der Waals surface area (Å²) >= 11 is 0. The number of nitrogen functional groups attached to an aromatic ring is 1. The number of hydrogen-bond acceptors (Lipinski definition) is 9. The van der Waals surface area contributed by atoms with Crippen LogP contribution in [0.1, 0.15) is 5.69 Å². The number of nitrogens with one attached hydrogen (secondary N) is 1. The molecular formula is C12H16N8O2. The maximum atomic E-state index is 8.93. The summed E-state index contributed by atoms with van der Waals surface area (Å²) < 4.78 is 6.46. The first-order valence-corrected chi connectivity index (χ1v) is 6.63. The van der Waals surface area contributed by atoms with Crippen molar-refractivity contribution in [3.63, 3.8) is 0 Å². The lowest BCUT2D eigenvalue weighted by Gasteiger charge is -2.10. The maximum absolute atomic E-state index is 8.93. The number of aliphatic hydroxyl groups is 1. The molecule has 0 saturated carbocycles. The van der Waals surface area contributed by atoms with Crippen LogP contribution in [0.15, 0.2) is 17.0 Å². The molecule has 1 unspecified atom stereocenters. The van der Waals surface area contributed by atoms with Crippen molar-refractivity contribution in [1.29, 1.82) is 0 Å². The molecule has 116 valence electrons. The first-order valence-electron chi connectivity index (χ1n) is 6.63. The van der Waals surface area contributed by atoms with E-state index in [2.05, 4.69) is 30.2 Å². The smallest absolute Gasteiger partial charge is 0.198 e. The fourth-order valence-electron chi connectivity index (χ4n) is 2.05. The van der Waals surface area contributed by atoms with Crippen LogP contribution in [0.4, 0.5) is 11.6 Å². The van der Waals surface area contributed by atoms with Crippen molar-refractivity contribution in [2.24, 2.45) is 5.73 Å². The lowest BCUT2D eigenvalue weighted by molar-refractivity contribution is 0.270. The van der Waals surface area contributed by atoms with Crippen LogP contribution in [0.2, 0.25) is 0 Å². The van der Waals surface area contributed by atoms with E-state index in [1.165, 1.54) is 0 Å². The van der Waals surface area contributed by atoms with Crippen LogP contribution in [0, 0.1) is 6.92 Å². The Morgan fingerprint density at radius 2 is 2.23 bits per heavy atom. The quantitative estimate of drug-likeness (QED) is 0.483. The van der Waals surface area contributed by atoms with Crippen molar-refractivity contribution in [2.75, 3.05) is 24.2 Å². The largest absolute Gasteiger partial charge is 0.395 e. The Morgan fingerprint density at radius 1 is 1.41 bits per heavy atom. The second-order valence-corrected chi connectivity index (χ2v) is 4.87. The van der Waals surface area contributed by atoms with Gasteiger partial charge in [0.15, 0.2) is 17.2 Å². The van der Waals surface area contributed by atoms with Gasteiger partial charge >= 0.3 is 0 Å². The summed E-state index contributed by atoms with van der Waals surface area (Å²) in [5.74, 6) is 0.807. The lowest BCUT2D eigenvalue weighted by atomic mass is 10.2. The molecule has 0 aliphatic carbocycles. The van der Waals surface area contributed by atoms with E-state index in [9.17, 15) is 0 Å². The zero-order valence-electron chi connectivity index (χ0n) is 11.9. The third-order valence-electron chi connectivity index (χ3n) is 3.27. The van der Waals surface area contributed by atoms with Crippen LogP contribution in [-0.4, -0.2) is 49.0 Å². The van der Waals surface area contributed by atoms with Crippen molar-refractivity contribution < 1.29 is 9.74 Å². The van der Waals surface area contributed by atoms with Gasteiger partial charge in [-0.2, -0.15) is 0 Å². The summed E-state index contributed by atoms with van der Waals surface area (Å²) in [6, 6.07) is -0.349.